The van der Waals surface area contributed by atoms with Crippen LogP contribution in [0, 0.1) is 10.1 Å². The van der Waals surface area contributed by atoms with Gasteiger partial charge in [0.2, 0.25) is 5.82 Å². The SMILES string of the molecule is COC1CC(Nc2nn(C)cc2[N+](=O)[O-])C1. The summed E-state index contributed by atoms with van der Waals surface area (Å²) in [6.07, 6.45) is 3.39. The fourth-order valence-corrected chi connectivity index (χ4v) is 1.78. The summed E-state index contributed by atoms with van der Waals surface area (Å²) >= 11 is 0. The number of hydrogen-bond acceptors (Lipinski definition) is 5. The Bertz CT molecular complexity index is 397. The van der Waals surface area contributed by atoms with Crippen LogP contribution in [0.25, 0.3) is 0 Å². The van der Waals surface area contributed by atoms with Gasteiger partial charge >= 0.3 is 5.69 Å². The van der Waals surface area contributed by atoms with E-state index in [1.165, 1.54) is 10.9 Å². The predicted octanol–water partition coefficient (Wildman–Crippen LogP) is 0.918. The molecule has 7 heteroatoms. The van der Waals surface area contributed by atoms with E-state index in [1.807, 2.05) is 0 Å². The first-order valence-corrected chi connectivity index (χ1v) is 5.07. The average Bonchev–Trinajstić information content (AvgIpc) is 2.52. The zero-order chi connectivity index (χ0) is 11.7. The van der Waals surface area contributed by atoms with Gasteiger partial charge in [0, 0.05) is 20.2 Å². The number of nitro groups is 1. The molecule has 16 heavy (non-hydrogen) atoms. The maximum atomic E-state index is 10.7. The van der Waals surface area contributed by atoms with E-state index in [-0.39, 0.29) is 17.8 Å². The van der Waals surface area contributed by atoms with Crippen LogP contribution in [0.1, 0.15) is 12.8 Å². The van der Waals surface area contributed by atoms with Gasteiger partial charge < -0.3 is 10.1 Å². The van der Waals surface area contributed by atoms with Crippen molar-refractivity contribution in [3.8, 4) is 0 Å². The van der Waals surface area contributed by atoms with Crippen molar-refractivity contribution in [2.24, 2.45) is 7.05 Å². The second-order valence-electron chi connectivity index (χ2n) is 3.96. The molecule has 0 aliphatic heterocycles. The second-order valence-corrected chi connectivity index (χ2v) is 3.96. The van der Waals surface area contributed by atoms with E-state index in [9.17, 15) is 10.1 Å². The Morgan fingerprint density at radius 3 is 2.94 bits per heavy atom. The maximum Gasteiger partial charge on any atom is 0.330 e. The van der Waals surface area contributed by atoms with Crippen LogP contribution in [-0.4, -0.2) is 34.0 Å². The Hall–Kier alpha value is -1.63. The smallest absolute Gasteiger partial charge is 0.330 e. The molecule has 0 radical (unpaired) electrons. The minimum absolute atomic E-state index is 0.0170. The summed E-state index contributed by atoms with van der Waals surface area (Å²) < 4.78 is 6.57. The summed E-state index contributed by atoms with van der Waals surface area (Å²) in [5, 5.41) is 17.8. The third-order valence-electron chi connectivity index (χ3n) is 2.78. The first-order chi connectivity index (χ1) is 7.60. The Morgan fingerprint density at radius 1 is 1.69 bits per heavy atom. The predicted molar refractivity (Wildman–Crippen MR) is 57.3 cm³/mol. The standard InChI is InChI=1S/C9H14N4O3/c1-12-5-8(13(14)15)9(11-12)10-6-3-7(4-6)16-2/h5-7H,3-4H2,1-2H3,(H,10,11). The summed E-state index contributed by atoms with van der Waals surface area (Å²) in [6, 6.07) is 0.221. The number of rotatable bonds is 4. The van der Waals surface area contributed by atoms with Crippen LogP contribution in [0.5, 0.6) is 0 Å². The molecule has 0 spiro atoms. The molecule has 7 nitrogen and oxygen atoms in total. The molecule has 0 unspecified atom stereocenters. The van der Waals surface area contributed by atoms with Crippen molar-refractivity contribution in [1.82, 2.24) is 9.78 Å². The zero-order valence-corrected chi connectivity index (χ0v) is 9.21. The number of hydrogen-bond donors (Lipinski definition) is 1. The first kappa shape index (κ1) is 10.9. The summed E-state index contributed by atoms with van der Waals surface area (Å²) in [5.74, 6) is 0.340. The van der Waals surface area contributed by atoms with Crippen molar-refractivity contribution >= 4 is 11.5 Å². The minimum atomic E-state index is -0.429. The van der Waals surface area contributed by atoms with E-state index >= 15 is 0 Å². The number of aryl methyl sites for hydroxylation is 1. The minimum Gasteiger partial charge on any atom is -0.381 e. The van der Waals surface area contributed by atoms with Crippen LogP contribution in [0.2, 0.25) is 0 Å². The van der Waals surface area contributed by atoms with Gasteiger partial charge in [-0.05, 0) is 12.8 Å². The molecule has 2 rings (SSSR count). The molecule has 1 aromatic heterocycles. The largest absolute Gasteiger partial charge is 0.381 e. The van der Waals surface area contributed by atoms with Crippen LogP contribution in [0.3, 0.4) is 0 Å². The van der Waals surface area contributed by atoms with Crippen LogP contribution in [0.4, 0.5) is 11.5 Å². The van der Waals surface area contributed by atoms with Crippen molar-refractivity contribution in [2.45, 2.75) is 25.0 Å². The number of methoxy groups -OCH3 is 1. The van der Waals surface area contributed by atoms with Crippen LogP contribution in [0.15, 0.2) is 6.20 Å². The first-order valence-electron chi connectivity index (χ1n) is 5.07. The number of nitrogens with one attached hydrogen (secondary N) is 1. The van der Waals surface area contributed by atoms with Gasteiger partial charge in [-0.25, -0.2) is 0 Å². The van der Waals surface area contributed by atoms with Gasteiger partial charge in [0.25, 0.3) is 0 Å². The molecular weight excluding hydrogens is 212 g/mol. The van der Waals surface area contributed by atoms with Crippen LogP contribution >= 0.6 is 0 Å². The molecule has 1 aromatic rings. The lowest BCUT2D eigenvalue weighted by Crippen LogP contribution is -2.40. The monoisotopic (exact) mass is 226 g/mol. The van der Waals surface area contributed by atoms with Crippen molar-refractivity contribution in [2.75, 3.05) is 12.4 Å². The van der Waals surface area contributed by atoms with Gasteiger partial charge in [-0.1, -0.05) is 0 Å². The van der Waals surface area contributed by atoms with Crippen molar-refractivity contribution in [3.63, 3.8) is 0 Å². The topological polar surface area (TPSA) is 82.2 Å². The van der Waals surface area contributed by atoms with Crippen molar-refractivity contribution < 1.29 is 9.66 Å². The zero-order valence-electron chi connectivity index (χ0n) is 9.21. The molecule has 1 heterocycles. The Morgan fingerprint density at radius 2 is 2.38 bits per heavy atom. The van der Waals surface area contributed by atoms with E-state index in [2.05, 4.69) is 10.4 Å². The molecule has 0 saturated heterocycles. The summed E-state index contributed by atoms with van der Waals surface area (Å²) in [5.41, 5.74) is 0.0170. The Labute approximate surface area is 92.5 Å². The molecule has 1 N–H and O–H groups in total. The lowest BCUT2D eigenvalue weighted by atomic mass is 9.89. The molecule has 1 aliphatic rings. The molecule has 1 fully saturated rings. The molecule has 1 aliphatic carbocycles. The van der Waals surface area contributed by atoms with Gasteiger partial charge in [0.1, 0.15) is 6.20 Å². The highest BCUT2D eigenvalue weighted by atomic mass is 16.6. The maximum absolute atomic E-state index is 10.7. The second kappa shape index (κ2) is 4.09. The third-order valence-corrected chi connectivity index (χ3v) is 2.78. The molecular formula is C9H14N4O3. The Kier molecular flexibility index (Phi) is 2.78. The van der Waals surface area contributed by atoms with E-state index < -0.39 is 4.92 Å². The van der Waals surface area contributed by atoms with E-state index in [4.69, 9.17) is 4.74 Å². The normalized spacial score (nSPS) is 23.9. The molecule has 0 aromatic carbocycles. The average molecular weight is 226 g/mol. The number of anilines is 1. The number of ether oxygens (including phenoxy) is 1. The van der Waals surface area contributed by atoms with E-state index in [0.717, 1.165) is 12.8 Å². The van der Waals surface area contributed by atoms with Gasteiger partial charge in [0.05, 0.1) is 11.0 Å². The molecule has 0 amide bonds. The highest BCUT2D eigenvalue weighted by Crippen LogP contribution is 2.29. The summed E-state index contributed by atoms with van der Waals surface area (Å²) in [4.78, 5) is 10.3. The third kappa shape index (κ3) is 1.99. The summed E-state index contributed by atoms with van der Waals surface area (Å²) in [6.45, 7) is 0. The lowest BCUT2D eigenvalue weighted by Gasteiger charge is -2.34. The number of nitrogens with zero attached hydrogens (tertiary/aromatic N) is 3. The lowest BCUT2D eigenvalue weighted by molar-refractivity contribution is -0.384. The van der Waals surface area contributed by atoms with E-state index in [1.54, 1.807) is 14.2 Å². The highest BCUT2D eigenvalue weighted by molar-refractivity contribution is 5.55. The van der Waals surface area contributed by atoms with Gasteiger partial charge in [-0.2, -0.15) is 0 Å². The highest BCUT2D eigenvalue weighted by Gasteiger charge is 2.31. The van der Waals surface area contributed by atoms with Gasteiger partial charge in [-0.3, -0.25) is 14.8 Å². The van der Waals surface area contributed by atoms with Crippen molar-refractivity contribution in [3.05, 3.63) is 16.3 Å². The summed E-state index contributed by atoms with van der Waals surface area (Å²) in [7, 11) is 3.33. The van der Waals surface area contributed by atoms with Crippen LogP contribution < -0.4 is 5.32 Å². The molecule has 88 valence electrons. The van der Waals surface area contributed by atoms with Gasteiger partial charge in [0.15, 0.2) is 0 Å². The fourth-order valence-electron chi connectivity index (χ4n) is 1.78. The molecule has 1 saturated carbocycles. The number of aromatic nitrogens is 2. The molecule has 0 bridgehead atoms. The Balaban J connectivity index is 2.02. The van der Waals surface area contributed by atoms with E-state index in [0.29, 0.717) is 5.82 Å². The van der Waals surface area contributed by atoms with Crippen LogP contribution in [-0.2, 0) is 11.8 Å². The van der Waals surface area contributed by atoms with Gasteiger partial charge in [-0.15, -0.1) is 5.10 Å². The molecule has 0 atom stereocenters. The van der Waals surface area contributed by atoms with Crippen molar-refractivity contribution in [1.29, 1.82) is 0 Å². The fraction of sp³-hybridized carbons (Fsp3) is 0.667. The quantitative estimate of drug-likeness (QED) is 0.609.